The third-order valence-electron chi connectivity index (χ3n) is 2.80. The van der Waals surface area contributed by atoms with Crippen LogP contribution in [0.3, 0.4) is 0 Å². The van der Waals surface area contributed by atoms with E-state index in [-0.39, 0.29) is 18.5 Å². The lowest BCUT2D eigenvalue weighted by molar-refractivity contribution is -0.136. The van der Waals surface area contributed by atoms with Crippen molar-refractivity contribution >= 4 is 18.3 Å². The Morgan fingerprint density at radius 3 is 2.35 bits per heavy atom. The first-order valence-electron chi connectivity index (χ1n) is 6.12. The fraction of sp³-hybridized carbons (Fsp3) is 0.500. The molecule has 0 spiro atoms. The predicted octanol–water partition coefficient (Wildman–Crippen LogP) is -1.24. The van der Waals surface area contributed by atoms with E-state index in [1.807, 2.05) is 0 Å². The molecule has 0 radical (unpaired) electrons. The number of carbonyl (C=O) groups excluding carboxylic acids is 2. The molecule has 1 fully saturated rings. The minimum absolute atomic E-state index is 0.0217. The van der Waals surface area contributed by atoms with Crippen LogP contribution in [0.5, 0.6) is 0 Å². The number of nitriles is 1. The van der Waals surface area contributed by atoms with Crippen LogP contribution >= 0.6 is 0 Å². The molecule has 20 heavy (non-hydrogen) atoms. The van der Waals surface area contributed by atoms with Crippen molar-refractivity contribution in [2.24, 2.45) is 0 Å². The highest BCUT2D eigenvalue weighted by Gasteiger charge is 2.16. The molecule has 8 heteroatoms. The molecule has 0 atom stereocenters. The van der Waals surface area contributed by atoms with Crippen LogP contribution in [0.4, 0.5) is 0 Å². The number of carboxylic acids is 1. The maximum Gasteiger partial charge on any atom is 0.305 e. The molecule has 0 aliphatic carbocycles. The van der Waals surface area contributed by atoms with Crippen LogP contribution in [0, 0.1) is 11.3 Å². The Bertz CT molecular complexity index is 447. The van der Waals surface area contributed by atoms with Gasteiger partial charge in [0.05, 0.1) is 6.42 Å². The molecule has 1 saturated heterocycles. The van der Waals surface area contributed by atoms with Crippen LogP contribution < -0.4 is 5.32 Å². The third kappa shape index (κ3) is 4.97. The van der Waals surface area contributed by atoms with Gasteiger partial charge in [0.25, 0.3) is 5.91 Å². The Morgan fingerprint density at radius 2 is 1.85 bits per heavy atom. The van der Waals surface area contributed by atoms with Crippen molar-refractivity contribution in [3.63, 3.8) is 0 Å². The van der Waals surface area contributed by atoms with Gasteiger partial charge in [0.2, 0.25) is 6.41 Å². The number of hydrogen-bond acceptors (Lipinski definition) is 5. The van der Waals surface area contributed by atoms with E-state index >= 15 is 0 Å². The number of carboxylic acid groups (broad SMARTS) is 1. The van der Waals surface area contributed by atoms with Crippen molar-refractivity contribution in [2.75, 3.05) is 32.7 Å². The summed E-state index contributed by atoms with van der Waals surface area (Å²) in [6.45, 7) is 2.16. The van der Waals surface area contributed by atoms with E-state index in [1.165, 1.54) is 6.20 Å². The minimum atomic E-state index is -1.02. The van der Waals surface area contributed by atoms with E-state index < -0.39 is 11.9 Å². The third-order valence-corrected chi connectivity index (χ3v) is 2.80. The van der Waals surface area contributed by atoms with E-state index in [2.05, 4.69) is 5.32 Å². The molecule has 108 valence electrons. The fourth-order valence-corrected chi connectivity index (χ4v) is 1.67. The van der Waals surface area contributed by atoms with Crippen molar-refractivity contribution in [3.05, 3.63) is 11.8 Å². The van der Waals surface area contributed by atoms with Gasteiger partial charge in [-0.1, -0.05) is 0 Å². The second-order valence-electron chi connectivity index (χ2n) is 4.23. The minimum Gasteiger partial charge on any atom is -0.481 e. The number of carbonyl (C=O) groups is 3. The van der Waals surface area contributed by atoms with Crippen LogP contribution in [-0.4, -0.2) is 65.9 Å². The molecular weight excluding hydrogens is 264 g/mol. The summed E-state index contributed by atoms with van der Waals surface area (Å²) in [5, 5.41) is 19.8. The average Bonchev–Trinajstić information content (AvgIpc) is 2.44. The number of piperazine rings is 1. The predicted molar refractivity (Wildman–Crippen MR) is 68.2 cm³/mol. The highest BCUT2D eigenvalue weighted by Crippen LogP contribution is 2.03. The number of nitrogens with zero attached hydrogens (tertiary/aromatic N) is 3. The first kappa shape index (κ1) is 15.5. The molecule has 1 rings (SSSR count). The van der Waals surface area contributed by atoms with Crippen LogP contribution in [0.1, 0.15) is 6.42 Å². The Morgan fingerprint density at radius 1 is 1.25 bits per heavy atom. The van der Waals surface area contributed by atoms with E-state index in [9.17, 15) is 14.4 Å². The molecule has 2 N–H and O–H groups in total. The zero-order valence-corrected chi connectivity index (χ0v) is 10.9. The van der Waals surface area contributed by atoms with Crippen LogP contribution in [0.25, 0.3) is 0 Å². The van der Waals surface area contributed by atoms with Crippen LogP contribution in [0.15, 0.2) is 11.8 Å². The lowest BCUT2D eigenvalue weighted by atomic mass is 10.2. The highest BCUT2D eigenvalue weighted by atomic mass is 16.4. The van der Waals surface area contributed by atoms with Crippen molar-refractivity contribution in [1.82, 2.24) is 15.1 Å². The van der Waals surface area contributed by atoms with E-state index in [0.29, 0.717) is 26.2 Å². The van der Waals surface area contributed by atoms with E-state index in [1.54, 1.807) is 15.9 Å². The lowest BCUT2D eigenvalue weighted by Gasteiger charge is -2.31. The first-order valence-corrected chi connectivity index (χ1v) is 6.12. The molecule has 0 aromatic heterocycles. The number of rotatable bonds is 6. The van der Waals surface area contributed by atoms with Gasteiger partial charge in [0.1, 0.15) is 11.6 Å². The SMILES string of the molecule is N#C/C(=C/N1CCN(C=O)CC1)C(=O)NCCC(=O)O. The maximum atomic E-state index is 11.7. The topological polar surface area (TPSA) is 114 Å². The molecule has 0 unspecified atom stereocenters. The van der Waals surface area contributed by atoms with Gasteiger partial charge < -0.3 is 20.2 Å². The fourth-order valence-electron chi connectivity index (χ4n) is 1.67. The highest BCUT2D eigenvalue weighted by molar-refractivity contribution is 5.97. The van der Waals surface area contributed by atoms with Crippen molar-refractivity contribution in [2.45, 2.75) is 6.42 Å². The normalized spacial score (nSPS) is 15.4. The van der Waals surface area contributed by atoms with Gasteiger partial charge in [-0.3, -0.25) is 14.4 Å². The molecule has 1 heterocycles. The Hall–Kier alpha value is -2.56. The van der Waals surface area contributed by atoms with Crippen LogP contribution in [0.2, 0.25) is 0 Å². The number of aliphatic carboxylic acids is 1. The molecule has 0 aromatic carbocycles. The van der Waals surface area contributed by atoms with Gasteiger partial charge in [-0.25, -0.2) is 0 Å². The second-order valence-corrected chi connectivity index (χ2v) is 4.23. The Balaban J connectivity index is 2.50. The first-order chi connectivity index (χ1) is 9.56. The molecule has 0 saturated carbocycles. The zero-order valence-electron chi connectivity index (χ0n) is 10.9. The maximum absolute atomic E-state index is 11.7. The molecular formula is C12H16N4O4. The Labute approximate surface area is 116 Å². The summed E-state index contributed by atoms with van der Waals surface area (Å²) in [5.41, 5.74) is -0.0741. The molecule has 2 amide bonds. The summed E-state index contributed by atoms with van der Waals surface area (Å²) in [6, 6.07) is 1.79. The summed E-state index contributed by atoms with van der Waals surface area (Å²) in [4.78, 5) is 35.9. The van der Waals surface area contributed by atoms with Crippen LogP contribution in [-0.2, 0) is 14.4 Å². The summed E-state index contributed by atoms with van der Waals surface area (Å²) in [7, 11) is 0. The van der Waals surface area contributed by atoms with E-state index in [4.69, 9.17) is 10.4 Å². The van der Waals surface area contributed by atoms with Gasteiger partial charge in [0.15, 0.2) is 0 Å². The van der Waals surface area contributed by atoms with Crippen molar-refractivity contribution in [3.8, 4) is 6.07 Å². The largest absolute Gasteiger partial charge is 0.481 e. The quantitative estimate of drug-likeness (QED) is 0.357. The summed E-state index contributed by atoms with van der Waals surface area (Å²) in [6.07, 6.45) is 2.02. The second kappa shape index (κ2) is 7.78. The molecule has 1 aliphatic heterocycles. The summed E-state index contributed by atoms with van der Waals surface area (Å²) < 4.78 is 0. The van der Waals surface area contributed by atoms with Crippen molar-refractivity contribution in [1.29, 1.82) is 5.26 Å². The zero-order chi connectivity index (χ0) is 15.0. The van der Waals surface area contributed by atoms with Gasteiger partial charge in [-0.15, -0.1) is 0 Å². The van der Waals surface area contributed by atoms with Gasteiger partial charge in [-0.05, 0) is 0 Å². The lowest BCUT2D eigenvalue weighted by Crippen LogP contribution is -2.43. The molecule has 8 nitrogen and oxygen atoms in total. The number of hydrogen-bond donors (Lipinski definition) is 2. The molecule has 1 aliphatic rings. The van der Waals surface area contributed by atoms with Crippen molar-refractivity contribution < 1.29 is 19.5 Å². The smallest absolute Gasteiger partial charge is 0.305 e. The number of amides is 2. The van der Waals surface area contributed by atoms with Gasteiger partial charge in [-0.2, -0.15) is 5.26 Å². The summed E-state index contributed by atoms with van der Waals surface area (Å²) >= 11 is 0. The standard InChI is InChI=1S/C12H16N4O4/c13-7-10(12(20)14-2-1-11(18)19)8-15-3-5-16(9-17)6-4-15/h8-9H,1-6H2,(H,14,20)(H,18,19)/b10-8-. The molecule has 0 bridgehead atoms. The monoisotopic (exact) mass is 280 g/mol. The summed E-state index contributed by atoms with van der Waals surface area (Å²) in [5.74, 6) is -1.61. The number of nitrogens with one attached hydrogen (secondary N) is 1. The Kier molecular flexibility index (Phi) is 6.03. The molecule has 0 aromatic rings. The van der Waals surface area contributed by atoms with Gasteiger partial charge in [0, 0.05) is 38.9 Å². The van der Waals surface area contributed by atoms with Gasteiger partial charge >= 0.3 is 5.97 Å². The average molecular weight is 280 g/mol. The van der Waals surface area contributed by atoms with E-state index in [0.717, 1.165) is 6.41 Å².